The van der Waals surface area contributed by atoms with Crippen LogP contribution in [-0.4, -0.2) is 54.4 Å². The topological polar surface area (TPSA) is 88.6 Å². The highest BCUT2D eigenvalue weighted by molar-refractivity contribution is 6.31. The van der Waals surface area contributed by atoms with Gasteiger partial charge in [0.2, 0.25) is 0 Å². The van der Waals surface area contributed by atoms with E-state index in [1.54, 1.807) is 71.8 Å². The lowest BCUT2D eigenvalue weighted by Crippen LogP contribution is -2.44. The third-order valence-electron chi connectivity index (χ3n) is 6.93. The molecule has 0 saturated carbocycles. The Hall–Kier alpha value is -4.24. The Morgan fingerprint density at radius 1 is 0.778 bits per heavy atom. The van der Waals surface area contributed by atoms with Crippen LogP contribution in [0.1, 0.15) is 70.3 Å². The minimum atomic E-state index is -0.777. The van der Waals surface area contributed by atoms with E-state index < -0.39 is 23.4 Å². The largest absolute Gasteiger partial charge is 0.497 e. The van der Waals surface area contributed by atoms with Crippen molar-refractivity contribution in [1.29, 1.82) is 0 Å². The Balaban J connectivity index is 1.61. The number of unbranched alkanes of at least 4 members (excludes halogenated alkanes) is 1. The van der Waals surface area contributed by atoms with Gasteiger partial charge in [0, 0.05) is 18.1 Å². The predicted octanol–water partition coefficient (Wildman–Crippen LogP) is 8.60. The van der Waals surface area contributed by atoms with E-state index in [2.05, 4.69) is 4.90 Å². The zero-order chi connectivity index (χ0) is 32.9. The number of hydrogen-bond acceptors (Lipinski definition) is 7. The van der Waals surface area contributed by atoms with E-state index in [0.29, 0.717) is 42.2 Å². The number of rotatable bonds is 8. The molecule has 45 heavy (non-hydrogen) atoms. The molecular weight excluding hydrogens is 594 g/mol. The standard InChI is InChI=1S/C35H42ClN3O6/c1-34(2,3)44-32(41)38(33(42)45-35(4,5)6)21-11-10-20-37-28-12-8-9-13-29(28)39(23-24-14-17-26(43-7)18-15-24)31(40)27-19-16-25(36)22-30(27)37/h8-9,12-19,22H,10-11,20-21,23H2,1-7H3. The smallest absolute Gasteiger partial charge is 0.419 e. The van der Waals surface area contributed by atoms with Crippen LogP contribution in [0.4, 0.5) is 26.7 Å². The second-order valence-electron chi connectivity index (χ2n) is 12.9. The van der Waals surface area contributed by atoms with Crippen molar-refractivity contribution in [2.24, 2.45) is 0 Å². The van der Waals surface area contributed by atoms with Crippen molar-refractivity contribution < 1.29 is 28.6 Å². The van der Waals surface area contributed by atoms with Crippen LogP contribution < -0.4 is 14.5 Å². The summed E-state index contributed by atoms with van der Waals surface area (Å²) in [5, 5.41) is 0.508. The van der Waals surface area contributed by atoms with Crippen molar-refractivity contribution in [3.8, 4) is 5.75 Å². The van der Waals surface area contributed by atoms with E-state index in [1.165, 1.54) is 0 Å². The first-order valence-electron chi connectivity index (χ1n) is 15.0. The van der Waals surface area contributed by atoms with E-state index in [4.69, 9.17) is 25.8 Å². The SMILES string of the molecule is COc1ccc(CN2C(=O)c3ccc(Cl)cc3N(CCCCN(C(=O)OC(C)(C)C)C(=O)OC(C)(C)C)c3ccccc32)cc1. The molecule has 0 N–H and O–H groups in total. The maximum atomic E-state index is 14.1. The number of imide groups is 1. The Kier molecular flexibility index (Phi) is 10.3. The fourth-order valence-electron chi connectivity index (χ4n) is 4.96. The van der Waals surface area contributed by atoms with Crippen LogP contribution in [0.3, 0.4) is 0 Å². The lowest BCUT2D eigenvalue weighted by atomic mass is 10.1. The second kappa shape index (κ2) is 13.8. The van der Waals surface area contributed by atoms with Crippen LogP contribution in [0.2, 0.25) is 5.02 Å². The molecule has 9 nitrogen and oxygen atoms in total. The average Bonchev–Trinajstić information content (AvgIpc) is 3.04. The Morgan fingerprint density at radius 2 is 1.36 bits per heavy atom. The van der Waals surface area contributed by atoms with Gasteiger partial charge >= 0.3 is 12.2 Å². The Bertz CT molecular complexity index is 1500. The highest BCUT2D eigenvalue weighted by Crippen LogP contribution is 2.42. The number of para-hydroxylation sites is 2. The first kappa shape index (κ1) is 33.6. The van der Waals surface area contributed by atoms with E-state index in [9.17, 15) is 14.4 Å². The maximum absolute atomic E-state index is 14.1. The monoisotopic (exact) mass is 635 g/mol. The molecule has 240 valence electrons. The van der Waals surface area contributed by atoms with Crippen LogP contribution >= 0.6 is 11.6 Å². The van der Waals surface area contributed by atoms with Crippen LogP contribution in [-0.2, 0) is 16.0 Å². The molecule has 3 aromatic rings. The Morgan fingerprint density at radius 3 is 1.91 bits per heavy atom. The molecule has 0 aromatic heterocycles. The molecule has 0 spiro atoms. The van der Waals surface area contributed by atoms with Gasteiger partial charge in [-0.2, -0.15) is 0 Å². The molecule has 3 amide bonds. The zero-order valence-corrected chi connectivity index (χ0v) is 27.8. The lowest BCUT2D eigenvalue weighted by molar-refractivity contribution is 0.00121. The summed E-state index contributed by atoms with van der Waals surface area (Å²) in [6, 6.07) is 20.7. The molecule has 1 aliphatic rings. The van der Waals surface area contributed by atoms with E-state index in [1.807, 2.05) is 48.5 Å². The minimum Gasteiger partial charge on any atom is -0.497 e. The van der Waals surface area contributed by atoms with Gasteiger partial charge in [0.15, 0.2) is 0 Å². The summed E-state index contributed by atoms with van der Waals surface area (Å²) in [7, 11) is 1.62. The summed E-state index contributed by atoms with van der Waals surface area (Å²) in [5.74, 6) is 0.595. The lowest BCUT2D eigenvalue weighted by Gasteiger charge is -2.29. The van der Waals surface area contributed by atoms with Gasteiger partial charge in [0.05, 0.1) is 36.3 Å². The number of ether oxygens (including phenoxy) is 3. The van der Waals surface area contributed by atoms with Crippen LogP contribution in [0, 0.1) is 0 Å². The number of benzene rings is 3. The number of carbonyl (C=O) groups excluding carboxylic acids is 3. The van der Waals surface area contributed by atoms with Gasteiger partial charge in [-0.05, 0) is 102 Å². The molecular formula is C35H42ClN3O6. The summed E-state index contributed by atoms with van der Waals surface area (Å²) in [6.07, 6.45) is -0.464. The van der Waals surface area contributed by atoms with Gasteiger partial charge in [-0.1, -0.05) is 35.9 Å². The van der Waals surface area contributed by atoms with Crippen molar-refractivity contribution in [1.82, 2.24) is 4.90 Å². The minimum absolute atomic E-state index is 0.101. The quantitative estimate of drug-likeness (QED) is 0.229. The molecule has 1 heterocycles. The van der Waals surface area contributed by atoms with Crippen molar-refractivity contribution in [2.45, 2.75) is 72.1 Å². The van der Waals surface area contributed by atoms with E-state index in [-0.39, 0.29) is 12.5 Å². The molecule has 0 aliphatic carbocycles. The van der Waals surface area contributed by atoms with Crippen molar-refractivity contribution in [3.63, 3.8) is 0 Å². The van der Waals surface area contributed by atoms with Crippen molar-refractivity contribution in [2.75, 3.05) is 30.0 Å². The predicted molar refractivity (Wildman–Crippen MR) is 177 cm³/mol. The fourth-order valence-corrected chi connectivity index (χ4v) is 5.12. The third-order valence-corrected chi connectivity index (χ3v) is 7.17. The second-order valence-corrected chi connectivity index (χ2v) is 13.3. The molecule has 4 rings (SSSR count). The molecule has 0 bridgehead atoms. The number of halogens is 1. The number of anilines is 3. The first-order valence-corrected chi connectivity index (χ1v) is 15.4. The first-order chi connectivity index (χ1) is 21.2. The number of carbonyl (C=O) groups is 3. The summed E-state index contributed by atoms with van der Waals surface area (Å²) in [6.45, 7) is 11.4. The van der Waals surface area contributed by atoms with Gasteiger partial charge in [0.1, 0.15) is 17.0 Å². The number of methoxy groups -OCH3 is 1. The van der Waals surface area contributed by atoms with Crippen molar-refractivity contribution >= 4 is 46.8 Å². The van der Waals surface area contributed by atoms with Gasteiger partial charge in [0.25, 0.3) is 5.91 Å². The molecule has 0 fully saturated rings. The summed E-state index contributed by atoms with van der Waals surface area (Å²) in [5.41, 5.74) is 2.21. The molecule has 0 radical (unpaired) electrons. The number of fused-ring (bicyclic) bond motifs is 2. The van der Waals surface area contributed by atoms with Crippen LogP contribution in [0.25, 0.3) is 0 Å². The average molecular weight is 636 g/mol. The van der Waals surface area contributed by atoms with Crippen LogP contribution in [0.15, 0.2) is 66.7 Å². The molecule has 10 heteroatoms. The van der Waals surface area contributed by atoms with Crippen LogP contribution in [0.5, 0.6) is 5.75 Å². The highest BCUT2D eigenvalue weighted by Gasteiger charge is 2.33. The zero-order valence-electron chi connectivity index (χ0n) is 27.1. The van der Waals surface area contributed by atoms with Crippen molar-refractivity contribution in [3.05, 3.63) is 82.9 Å². The summed E-state index contributed by atoms with van der Waals surface area (Å²) in [4.78, 5) is 44.9. The van der Waals surface area contributed by atoms with E-state index in [0.717, 1.165) is 27.6 Å². The van der Waals surface area contributed by atoms with E-state index >= 15 is 0 Å². The maximum Gasteiger partial charge on any atom is 0.419 e. The number of amides is 3. The summed E-state index contributed by atoms with van der Waals surface area (Å²) < 4.78 is 16.3. The number of nitrogens with zero attached hydrogens (tertiary/aromatic N) is 3. The van der Waals surface area contributed by atoms with Gasteiger partial charge in [-0.15, -0.1) is 0 Å². The molecule has 0 atom stereocenters. The molecule has 1 aliphatic heterocycles. The molecule has 3 aromatic carbocycles. The molecule has 0 unspecified atom stereocenters. The summed E-state index contributed by atoms with van der Waals surface area (Å²) >= 11 is 6.47. The number of hydrogen-bond donors (Lipinski definition) is 0. The fraction of sp³-hybridized carbons (Fsp3) is 0.400. The van der Waals surface area contributed by atoms with Gasteiger partial charge in [-0.3, -0.25) is 4.79 Å². The van der Waals surface area contributed by atoms with Gasteiger partial charge < -0.3 is 24.0 Å². The third kappa shape index (κ3) is 8.69. The normalized spacial score (nSPS) is 13.0. The van der Waals surface area contributed by atoms with Gasteiger partial charge in [-0.25, -0.2) is 14.5 Å². The molecule has 0 saturated heterocycles. The highest BCUT2D eigenvalue weighted by atomic mass is 35.5. The Labute approximate surface area is 270 Å².